The molecular weight excluding hydrogens is 460 g/mol. The van der Waals surface area contributed by atoms with Crippen molar-refractivity contribution in [1.82, 2.24) is 25.0 Å². The number of para-hydroxylation sites is 2. The molecule has 8 nitrogen and oxygen atoms in total. The number of piperidine rings is 1. The molecule has 0 atom stereocenters. The van der Waals surface area contributed by atoms with E-state index >= 15 is 0 Å². The Morgan fingerprint density at radius 3 is 2.43 bits per heavy atom. The zero-order valence-electron chi connectivity index (χ0n) is 20.2. The first-order valence-electron chi connectivity index (χ1n) is 12.1. The summed E-state index contributed by atoms with van der Waals surface area (Å²) < 4.78 is 2.04. The number of rotatable bonds is 9. The Labute approximate surface area is 210 Å². The molecule has 1 aliphatic rings. The molecule has 2 N–H and O–H groups in total. The van der Waals surface area contributed by atoms with Crippen molar-refractivity contribution in [2.24, 2.45) is 0 Å². The van der Waals surface area contributed by atoms with Crippen LogP contribution in [0, 0.1) is 0 Å². The predicted molar refractivity (Wildman–Crippen MR) is 139 cm³/mol. The first-order valence-corrected chi connectivity index (χ1v) is 13.0. The molecule has 0 spiro atoms. The van der Waals surface area contributed by atoms with E-state index in [2.05, 4.69) is 25.7 Å². The number of aromatic nitrogens is 3. The predicted octanol–water partition coefficient (Wildman–Crippen LogP) is 4.12. The number of hydrogen-bond donors (Lipinski definition) is 2. The summed E-state index contributed by atoms with van der Waals surface area (Å²) in [5.74, 6) is 0.598. The highest BCUT2D eigenvalue weighted by atomic mass is 32.2. The Kier molecular flexibility index (Phi) is 8.54. The molecule has 0 unspecified atom stereocenters. The molecule has 2 aromatic carbocycles. The average Bonchev–Trinajstić information content (AvgIpc) is 3.26. The van der Waals surface area contributed by atoms with Crippen LogP contribution in [0.3, 0.4) is 0 Å². The molecule has 1 aliphatic heterocycles. The SMILES string of the molecule is CC(C)NC(=O)c1ccccc1NC(=O)CSc1nnc(CN2CCCCC2)n1-c1ccccc1. The summed E-state index contributed by atoms with van der Waals surface area (Å²) in [5, 5.41) is 15.3. The van der Waals surface area contributed by atoms with E-state index < -0.39 is 0 Å². The van der Waals surface area contributed by atoms with Crippen LogP contribution >= 0.6 is 11.8 Å². The third kappa shape index (κ3) is 6.70. The molecule has 1 saturated heterocycles. The summed E-state index contributed by atoms with van der Waals surface area (Å²) in [6, 6.07) is 17.0. The Bertz CT molecular complexity index is 1140. The lowest BCUT2D eigenvalue weighted by molar-refractivity contribution is -0.113. The molecule has 1 fully saturated rings. The van der Waals surface area contributed by atoms with Crippen molar-refractivity contribution in [2.75, 3.05) is 24.2 Å². The standard InChI is InChI=1S/C26H32N6O2S/c1-19(2)27-25(34)21-13-7-8-14-22(21)28-24(33)18-35-26-30-29-23(17-31-15-9-4-10-16-31)32(26)20-11-5-3-6-12-20/h3,5-8,11-14,19H,4,9-10,15-18H2,1-2H3,(H,27,34)(H,28,33). The number of carbonyl (C=O) groups excluding carboxylic acids is 2. The smallest absolute Gasteiger partial charge is 0.253 e. The number of likely N-dealkylation sites (tertiary alicyclic amines) is 1. The maximum absolute atomic E-state index is 12.8. The molecule has 35 heavy (non-hydrogen) atoms. The summed E-state index contributed by atoms with van der Waals surface area (Å²) in [4.78, 5) is 27.7. The highest BCUT2D eigenvalue weighted by Crippen LogP contribution is 2.24. The molecule has 0 saturated carbocycles. The third-order valence-electron chi connectivity index (χ3n) is 5.73. The average molecular weight is 493 g/mol. The van der Waals surface area contributed by atoms with Gasteiger partial charge in [0.15, 0.2) is 11.0 Å². The normalized spacial score (nSPS) is 14.1. The fourth-order valence-corrected chi connectivity index (χ4v) is 4.87. The summed E-state index contributed by atoms with van der Waals surface area (Å²) in [6.45, 7) is 6.66. The van der Waals surface area contributed by atoms with Crippen LogP contribution in [0.2, 0.25) is 0 Å². The van der Waals surface area contributed by atoms with Crippen LogP contribution in [0.25, 0.3) is 5.69 Å². The molecular formula is C26H32N6O2S. The lowest BCUT2D eigenvalue weighted by Crippen LogP contribution is -2.31. The van der Waals surface area contributed by atoms with E-state index in [1.54, 1.807) is 24.3 Å². The van der Waals surface area contributed by atoms with Gasteiger partial charge in [-0.05, 0) is 64.0 Å². The minimum Gasteiger partial charge on any atom is -0.350 e. The van der Waals surface area contributed by atoms with Gasteiger partial charge in [-0.15, -0.1) is 10.2 Å². The maximum Gasteiger partial charge on any atom is 0.253 e. The number of carbonyl (C=O) groups is 2. The van der Waals surface area contributed by atoms with Gasteiger partial charge in [0.25, 0.3) is 5.91 Å². The van der Waals surface area contributed by atoms with Crippen LogP contribution < -0.4 is 10.6 Å². The van der Waals surface area contributed by atoms with Crippen molar-refractivity contribution < 1.29 is 9.59 Å². The van der Waals surface area contributed by atoms with Gasteiger partial charge in [0.2, 0.25) is 5.91 Å². The summed E-state index contributed by atoms with van der Waals surface area (Å²) in [5.41, 5.74) is 1.91. The first-order chi connectivity index (χ1) is 17.0. The molecule has 2 amide bonds. The van der Waals surface area contributed by atoms with Gasteiger partial charge < -0.3 is 10.6 Å². The van der Waals surface area contributed by atoms with E-state index in [1.165, 1.54) is 31.0 Å². The largest absolute Gasteiger partial charge is 0.350 e. The summed E-state index contributed by atoms with van der Waals surface area (Å²) >= 11 is 1.34. The lowest BCUT2D eigenvalue weighted by atomic mass is 10.1. The van der Waals surface area contributed by atoms with E-state index in [-0.39, 0.29) is 23.6 Å². The van der Waals surface area contributed by atoms with Crippen LogP contribution in [-0.2, 0) is 11.3 Å². The highest BCUT2D eigenvalue weighted by molar-refractivity contribution is 7.99. The first kappa shape index (κ1) is 24.9. The van der Waals surface area contributed by atoms with E-state index in [0.29, 0.717) is 16.4 Å². The van der Waals surface area contributed by atoms with Crippen molar-refractivity contribution in [3.8, 4) is 5.69 Å². The van der Waals surface area contributed by atoms with Crippen molar-refractivity contribution in [3.63, 3.8) is 0 Å². The Morgan fingerprint density at radius 2 is 1.69 bits per heavy atom. The van der Waals surface area contributed by atoms with E-state index in [0.717, 1.165) is 31.1 Å². The number of anilines is 1. The Hall–Kier alpha value is -3.17. The maximum atomic E-state index is 12.8. The summed E-state index contributed by atoms with van der Waals surface area (Å²) in [6.07, 6.45) is 3.69. The number of benzene rings is 2. The van der Waals surface area contributed by atoms with Crippen molar-refractivity contribution in [1.29, 1.82) is 0 Å². The van der Waals surface area contributed by atoms with Crippen LogP contribution in [0.4, 0.5) is 5.69 Å². The van der Waals surface area contributed by atoms with Crippen LogP contribution in [0.5, 0.6) is 0 Å². The van der Waals surface area contributed by atoms with E-state index in [4.69, 9.17) is 0 Å². The lowest BCUT2D eigenvalue weighted by Gasteiger charge is -2.26. The van der Waals surface area contributed by atoms with E-state index in [9.17, 15) is 9.59 Å². The minimum atomic E-state index is -0.213. The van der Waals surface area contributed by atoms with Gasteiger partial charge >= 0.3 is 0 Å². The zero-order chi connectivity index (χ0) is 24.6. The number of amides is 2. The van der Waals surface area contributed by atoms with Crippen molar-refractivity contribution >= 4 is 29.3 Å². The molecule has 1 aromatic heterocycles. The van der Waals surface area contributed by atoms with Gasteiger partial charge in [-0.1, -0.05) is 48.5 Å². The second kappa shape index (κ2) is 12.0. The van der Waals surface area contributed by atoms with Crippen LogP contribution in [-0.4, -0.2) is 56.4 Å². The number of thioether (sulfide) groups is 1. The van der Waals surface area contributed by atoms with Gasteiger partial charge in [0.1, 0.15) is 0 Å². The molecule has 0 aliphatic carbocycles. The summed E-state index contributed by atoms with van der Waals surface area (Å²) in [7, 11) is 0. The second-order valence-electron chi connectivity index (χ2n) is 8.92. The zero-order valence-corrected chi connectivity index (χ0v) is 21.1. The molecule has 9 heteroatoms. The number of hydrogen-bond acceptors (Lipinski definition) is 6. The number of nitrogens with zero attached hydrogens (tertiary/aromatic N) is 4. The van der Waals surface area contributed by atoms with Gasteiger partial charge in [-0.25, -0.2) is 0 Å². The third-order valence-corrected chi connectivity index (χ3v) is 6.66. The second-order valence-corrected chi connectivity index (χ2v) is 9.86. The van der Waals surface area contributed by atoms with Crippen molar-refractivity contribution in [3.05, 3.63) is 66.0 Å². The van der Waals surface area contributed by atoms with Gasteiger partial charge in [0.05, 0.1) is 23.5 Å². The molecule has 0 bridgehead atoms. The Balaban J connectivity index is 1.47. The monoisotopic (exact) mass is 492 g/mol. The van der Waals surface area contributed by atoms with Gasteiger partial charge in [0, 0.05) is 11.7 Å². The van der Waals surface area contributed by atoms with Gasteiger partial charge in [-0.2, -0.15) is 0 Å². The molecule has 4 rings (SSSR count). The fourth-order valence-electron chi connectivity index (χ4n) is 4.10. The fraction of sp³-hybridized carbons (Fsp3) is 0.385. The van der Waals surface area contributed by atoms with Crippen LogP contribution in [0.15, 0.2) is 59.8 Å². The highest BCUT2D eigenvalue weighted by Gasteiger charge is 2.20. The topological polar surface area (TPSA) is 92.2 Å². The minimum absolute atomic E-state index is 0.00490. The van der Waals surface area contributed by atoms with Crippen molar-refractivity contribution in [2.45, 2.75) is 50.9 Å². The van der Waals surface area contributed by atoms with Crippen LogP contribution in [0.1, 0.15) is 49.3 Å². The molecule has 0 radical (unpaired) electrons. The molecule has 2 heterocycles. The molecule has 3 aromatic rings. The molecule has 184 valence electrons. The van der Waals surface area contributed by atoms with E-state index in [1.807, 2.05) is 48.7 Å². The van der Waals surface area contributed by atoms with Gasteiger partial charge in [-0.3, -0.25) is 19.1 Å². The quantitative estimate of drug-likeness (QED) is 0.437. The Morgan fingerprint density at radius 1 is 0.971 bits per heavy atom. The number of nitrogens with one attached hydrogen (secondary N) is 2.